The van der Waals surface area contributed by atoms with E-state index in [0.29, 0.717) is 27.9 Å². The van der Waals surface area contributed by atoms with Gasteiger partial charge in [0.25, 0.3) is 0 Å². The van der Waals surface area contributed by atoms with Crippen LogP contribution in [0.3, 0.4) is 0 Å². The molecule has 0 saturated heterocycles. The monoisotopic (exact) mass is 411 g/mol. The summed E-state index contributed by atoms with van der Waals surface area (Å²) >= 11 is 12.3. The normalized spacial score (nSPS) is 12.3. The lowest BCUT2D eigenvalue weighted by atomic mass is 9.82. The summed E-state index contributed by atoms with van der Waals surface area (Å²) < 4.78 is 19.9. The van der Waals surface area contributed by atoms with Crippen molar-refractivity contribution in [3.8, 4) is 5.75 Å². The predicted octanol–water partition coefficient (Wildman–Crippen LogP) is 7.02. The maximum absolute atomic E-state index is 14.0. The molecule has 0 radical (unpaired) electrons. The summed E-state index contributed by atoms with van der Waals surface area (Å²) in [6, 6.07) is 10.1. The van der Waals surface area contributed by atoms with Gasteiger partial charge in [0.15, 0.2) is 0 Å². The van der Waals surface area contributed by atoms with Crippen molar-refractivity contribution in [3.05, 3.63) is 63.4 Å². The summed E-state index contributed by atoms with van der Waals surface area (Å²) in [5, 5.41) is 4.57. The van der Waals surface area contributed by atoms with Gasteiger partial charge in [-0.2, -0.15) is 0 Å². The van der Waals surface area contributed by atoms with Crippen LogP contribution >= 0.6 is 23.2 Å². The Labute approximate surface area is 172 Å². The van der Waals surface area contributed by atoms with E-state index in [-0.39, 0.29) is 23.4 Å². The van der Waals surface area contributed by atoms with Gasteiger partial charge in [-0.05, 0) is 56.0 Å². The fourth-order valence-electron chi connectivity index (χ4n) is 3.37. The van der Waals surface area contributed by atoms with Gasteiger partial charge in [0.1, 0.15) is 18.2 Å². The molecule has 0 bridgehead atoms. The van der Waals surface area contributed by atoms with Gasteiger partial charge in [-0.3, -0.25) is 0 Å². The molecule has 0 atom stereocenters. The quantitative estimate of drug-likeness (QED) is 0.528. The van der Waals surface area contributed by atoms with Crippen LogP contribution in [0, 0.1) is 11.2 Å². The third-order valence-electron chi connectivity index (χ3n) is 4.19. The predicted molar refractivity (Wildman–Crippen MR) is 112 cm³/mol. The number of hydrogen-bond donors (Lipinski definition) is 1. The first kappa shape index (κ1) is 22.0. The minimum atomic E-state index is -0.373. The molecule has 0 aliphatic rings. The fraction of sp³-hybridized carbons (Fsp3) is 0.455. The van der Waals surface area contributed by atoms with E-state index in [4.69, 9.17) is 27.9 Å². The Morgan fingerprint density at radius 3 is 2.37 bits per heavy atom. The molecule has 0 fully saturated rings. The average Bonchev–Trinajstić information content (AvgIpc) is 2.52. The number of halogens is 3. The minimum absolute atomic E-state index is 0.0489. The maximum atomic E-state index is 14.0. The third-order valence-corrected chi connectivity index (χ3v) is 4.78. The average molecular weight is 412 g/mol. The number of hydrogen-bond acceptors (Lipinski definition) is 2. The van der Waals surface area contributed by atoms with Gasteiger partial charge in [0, 0.05) is 28.2 Å². The van der Waals surface area contributed by atoms with Gasteiger partial charge in [-0.25, -0.2) is 4.39 Å². The zero-order valence-electron chi connectivity index (χ0n) is 16.6. The van der Waals surface area contributed by atoms with E-state index in [9.17, 15) is 4.39 Å². The lowest BCUT2D eigenvalue weighted by Crippen LogP contribution is -2.41. The molecule has 0 saturated carbocycles. The highest BCUT2D eigenvalue weighted by molar-refractivity contribution is 6.31. The highest BCUT2D eigenvalue weighted by Gasteiger charge is 2.25. The van der Waals surface area contributed by atoms with Crippen molar-refractivity contribution < 1.29 is 9.13 Å². The van der Waals surface area contributed by atoms with Gasteiger partial charge in [-0.1, -0.05) is 50.0 Å². The molecule has 2 aromatic rings. The van der Waals surface area contributed by atoms with Crippen LogP contribution in [0.15, 0.2) is 36.4 Å². The molecule has 2 rings (SSSR count). The van der Waals surface area contributed by atoms with Crippen molar-refractivity contribution in [2.75, 3.05) is 0 Å². The Morgan fingerprint density at radius 1 is 1.04 bits per heavy atom. The van der Waals surface area contributed by atoms with Gasteiger partial charge in [0.05, 0.1) is 5.02 Å². The Bertz CT molecular complexity index is 764. The molecule has 5 heteroatoms. The molecular formula is C22H28Cl2FNO. The van der Waals surface area contributed by atoms with Crippen LogP contribution in [0.2, 0.25) is 10.0 Å². The second-order valence-electron chi connectivity index (χ2n) is 8.72. The summed E-state index contributed by atoms with van der Waals surface area (Å²) in [6.07, 6.45) is 1.02. The van der Waals surface area contributed by atoms with Crippen molar-refractivity contribution in [1.82, 2.24) is 5.32 Å². The summed E-state index contributed by atoms with van der Waals surface area (Å²) in [7, 11) is 0. The van der Waals surface area contributed by atoms with E-state index in [1.807, 2.05) is 12.1 Å². The standard InChI is InChI=1S/C22H28Cl2FNO/c1-21(2,3)14-22(4,5)26-12-15-11-16(23)9-10-20(15)27-13-17-18(24)7-6-8-19(17)25/h6-11,26H,12-14H2,1-5H3. The Balaban J connectivity index is 2.13. The molecule has 0 amide bonds. The van der Waals surface area contributed by atoms with Crippen molar-refractivity contribution in [2.24, 2.45) is 5.41 Å². The van der Waals surface area contributed by atoms with Gasteiger partial charge < -0.3 is 10.1 Å². The summed E-state index contributed by atoms with van der Waals surface area (Å²) in [5.41, 5.74) is 1.44. The number of ether oxygens (including phenoxy) is 1. The van der Waals surface area contributed by atoms with Crippen LogP contribution < -0.4 is 10.1 Å². The van der Waals surface area contributed by atoms with Crippen molar-refractivity contribution in [1.29, 1.82) is 0 Å². The van der Waals surface area contributed by atoms with Crippen LogP contribution in [-0.4, -0.2) is 5.54 Å². The van der Waals surface area contributed by atoms with Crippen LogP contribution in [0.25, 0.3) is 0 Å². The van der Waals surface area contributed by atoms with Crippen LogP contribution in [0.5, 0.6) is 5.75 Å². The molecule has 148 valence electrons. The Hall–Kier alpha value is -1.29. The third kappa shape index (κ3) is 6.99. The van der Waals surface area contributed by atoms with Crippen LogP contribution in [0.1, 0.15) is 52.2 Å². The Morgan fingerprint density at radius 2 is 1.74 bits per heavy atom. The first-order chi connectivity index (χ1) is 12.5. The van der Waals surface area contributed by atoms with Crippen molar-refractivity contribution >= 4 is 23.2 Å². The number of nitrogens with one attached hydrogen (secondary N) is 1. The van der Waals surface area contributed by atoms with E-state index >= 15 is 0 Å². The van der Waals surface area contributed by atoms with E-state index in [1.54, 1.807) is 18.2 Å². The number of benzene rings is 2. The first-order valence-electron chi connectivity index (χ1n) is 9.06. The summed E-state index contributed by atoms with van der Waals surface area (Å²) in [6.45, 7) is 11.7. The second-order valence-corrected chi connectivity index (χ2v) is 9.56. The minimum Gasteiger partial charge on any atom is -0.488 e. The highest BCUT2D eigenvalue weighted by atomic mass is 35.5. The lowest BCUT2D eigenvalue weighted by Gasteiger charge is -2.33. The van der Waals surface area contributed by atoms with Crippen LogP contribution in [-0.2, 0) is 13.2 Å². The largest absolute Gasteiger partial charge is 0.488 e. The van der Waals surface area contributed by atoms with Gasteiger partial charge >= 0.3 is 0 Å². The lowest BCUT2D eigenvalue weighted by molar-refractivity contribution is 0.238. The molecule has 0 aliphatic carbocycles. The molecule has 0 unspecified atom stereocenters. The van der Waals surface area contributed by atoms with Crippen LogP contribution in [0.4, 0.5) is 4.39 Å². The van der Waals surface area contributed by atoms with E-state index in [2.05, 4.69) is 39.9 Å². The SMILES string of the molecule is CC(C)(C)CC(C)(C)NCc1cc(Cl)ccc1OCc1c(F)cccc1Cl. The van der Waals surface area contributed by atoms with E-state index in [1.165, 1.54) is 6.07 Å². The maximum Gasteiger partial charge on any atom is 0.131 e. The molecule has 0 spiro atoms. The number of rotatable bonds is 7. The fourth-order valence-corrected chi connectivity index (χ4v) is 3.78. The molecule has 27 heavy (non-hydrogen) atoms. The summed E-state index contributed by atoms with van der Waals surface area (Å²) in [5.74, 6) is 0.292. The van der Waals surface area contributed by atoms with Gasteiger partial charge in [-0.15, -0.1) is 0 Å². The highest BCUT2D eigenvalue weighted by Crippen LogP contribution is 2.29. The smallest absolute Gasteiger partial charge is 0.131 e. The van der Waals surface area contributed by atoms with E-state index < -0.39 is 0 Å². The summed E-state index contributed by atoms with van der Waals surface area (Å²) in [4.78, 5) is 0. The molecular weight excluding hydrogens is 384 g/mol. The van der Waals surface area contributed by atoms with E-state index in [0.717, 1.165) is 12.0 Å². The topological polar surface area (TPSA) is 21.3 Å². The zero-order valence-corrected chi connectivity index (χ0v) is 18.1. The second kappa shape index (κ2) is 8.81. The first-order valence-corrected chi connectivity index (χ1v) is 9.82. The van der Waals surface area contributed by atoms with Gasteiger partial charge in [0.2, 0.25) is 0 Å². The van der Waals surface area contributed by atoms with Crippen molar-refractivity contribution in [2.45, 2.75) is 59.7 Å². The molecule has 0 aliphatic heterocycles. The molecule has 2 aromatic carbocycles. The molecule has 1 N–H and O–H groups in total. The Kier molecular flexibility index (Phi) is 7.18. The molecule has 2 nitrogen and oxygen atoms in total. The van der Waals surface area contributed by atoms with Crippen molar-refractivity contribution in [3.63, 3.8) is 0 Å². The molecule has 0 aromatic heterocycles. The zero-order chi connectivity index (χ0) is 20.2. The molecule has 0 heterocycles.